The highest BCUT2D eigenvalue weighted by atomic mass is 35.5. The van der Waals surface area contributed by atoms with Crippen molar-refractivity contribution in [2.75, 3.05) is 25.0 Å². The average Bonchev–Trinajstić information content (AvgIpc) is 3.24. The molecule has 1 amide bonds. The number of para-hydroxylation sites is 1. The summed E-state index contributed by atoms with van der Waals surface area (Å²) in [7, 11) is 2.00. The number of amides is 1. The lowest BCUT2D eigenvalue weighted by atomic mass is 10.1. The van der Waals surface area contributed by atoms with E-state index in [0.29, 0.717) is 17.3 Å². The van der Waals surface area contributed by atoms with Gasteiger partial charge in [-0.1, -0.05) is 35.0 Å². The van der Waals surface area contributed by atoms with Gasteiger partial charge >= 0.3 is 0 Å². The van der Waals surface area contributed by atoms with Crippen molar-refractivity contribution in [3.63, 3.8) is 0 Å². The van der Waals surface area contributed by atoms with Crippen molar-refractivity contribution in [3.05, 3.63) is 51.7 Å². The first kappa shape index (κ1) is 16.8. The van der Waals surface area contributed by atoms with Crippen LogP contribution in [0.1, 0.15) is 11.3 Å². The van der Waals surface area contributed by atoms with Crippen molar-refractivity contribution in [1.82, 2.24) is 5.32 Å². The van der Waals surface area contributed by atoms with Crippen molar-refractivity contribution in [2.45, 2.75) is 12.5 Å². The van der Waals surface area contributed by atoms with E-state index < -0.39 is 6.10 Å². The molecule has 0 saturated carbocycles. The predicted octanol–water partition coefficient (Wildman–Crippen LogP) is 3.15. The molecule has 2 aromatic rings. The molecule has 3 rings (SSSR count). The summed E-state index contributed by atoms with van der Waals surface area (Å²) < 4.78 is 0.699. The van der Waals surface area contributed by atoms with Crippen molar-refractivity contribution in [2.24, 2.45) is 5.16 Å². The maximum absolute atomic E-state index is 12.2. The fourth-order valence-electron chi connectivity index (χ4n) is 2.41. The molecule has 1 N–H and O–H groups in total. The van der Waals surface area contributed by atoms with Crippen LogP contribution in [0.15, 0.2) is 47.6 Å². The van der Waals surface area contributed by atoms with Crippen LogP contribution in [0.2, 0.25) is 4.34 Å². The fraction of sp³-hybridized carbons (Fsp3) is 0.294. The summed E-state index contributed by atoms with van der Waals surface area (Å²) in [6.45, 7) is 1.26. The van der Waals surface area contributed by atoms with Gasteiger partial charge in [0.15, 0.2) is 0 Å². The molecule has 0 saturated heterocycles. The van der Waals surface area contributed by atoms with Gasteiger partial charge in [0.25, 0.3) is 5.91 Å². The largest absolute Gasteiger partial charge is 0.382 e. The number of rotatable bonds is 6. The second-order valence-electron chi connectivity index (χ2n) is 5.49. The number of hydrogen-bond donors (Lipinski definition) is 1. The summed E-state index contributed by atoms with van der Waals surface area (Å²) in [6, 6.07) is 13.7. The number of carbonyl (C=O) groups excluding carboxylic acids is 1. The lowest BCUT2D eigenvalue weighted by Crippen LogP contribution is -2.39. The summed E-state index contributed by atoms with van der Waals surface area (Å²) in [5.41, 5.74) is 1.89. The number of anilines is 1. The van der Waals surface area contributed by atoms with Crippen molar-refractivity contribution >= 4 is 40.2 Å². The van der Waals surface area contributed by atoms with Gasteiger partial charge in [-0.15, -0.1) is 11.3 Å². The monoisotopic (exact) mass is 363 g/mol. The second kappa shape index (κ2) is 7.68. The maximum Gasteiger partial charge on any atom is 0.264 e. The Labute approximate surface area is 149 Å². The zero-order valence-electron chi connectivity index (χ0n) is 13.2. The molecule has 5 nitrogen and oxygen atoms in total. The Balaban J connectivity index is 1.43. The lowest BCUT2D eigenvalue weighted by Gasteiger charge is -2.19. The number of carbonyl (C=O) groups is 1. The van der Waals surface area contributed by atoms with E-state index in [4.69, 9.17) is 16.4 Å². The van der Waals surface area contributed by atoms with Crippen LogP contribution in [0, 0.1) is 0 Å². The number of benzene rings is 1. The molecule has 7 heteroatoms. The van der Waals surface area contributed by atoms with Crippen LogP contribution in [0.5, 0.6) is 0 Å². The van der Waals surface area contributed by atoms with Crippen LogP contribution >= 0.6 is 22.9 Å². The van der Waals surface area contributed by atoms with Crippen LogP contribution in [-0.2, 0) is 9.63 Å². The van der Waals surface area contributed by atoms with Gasteiger partial charge < -0.3 is 15.1 Å². The van der Waals surface area contributed by atoms with E-state index >= 15 is 0 Å². The highest BCUT2D eigenvalue weighted by molar-refractivity contribution is 7.18. The quantitative estimate of drug-likeness (QED) is 0.857. The second-order valence-corrected chi connectivity index (χ2v) is 7.20. The van der Waals surface area contributed by atoms with Gasteiger partial charge in [-0.3, -0.25) is 4.79 Å². The zero-order valence-corrected chi connectivity index (χ0v) is 14.8. The van der Waals surface area contributed by atoms with Gasteiger partial charge in [0.2, 0.25) is 6.10 Å². The van der Waals surface area contributed by atoms with E-state index in [0.717, 1.165) is 22.8 Å². The topological polar surface area (TPSA) is 53.9 Å². The summed E-state index contributed by atoms with van der Waals surface area (Å²) >= 11 is 7.36. The molecule has 1 aliphatic rings. The predicted molar refractivity (Wildman–Crippen MR) is 98.1 cm³/mol. The van der Waals surface area contributed by atoms with Gasteiger partial charge in [0.1, 0.15) is 5.71 Å². The van der Waals surface area contributed by atoms with Crippen LogP contribution in [0.3, 0.4) is 0 Å². The third kappa shape index (κ3) is 4.07. The molecule has 1 aromatic heterocycles. The number of nitrogens with one attached hydrogen (secondary N) is 1. The van der Waals surface area contributed by atoms with Crippen LogP contribution in [0.25, 0.3) is 0 Å². The number of halogens is 1. The normalized spacial score (nSPS) is 16.4. The summed E-state index contributed by atoms with van der Waals surface area (Å²) in [4.78, 5) is 20.5. The van der Waals surface area contributed by atoms with E-state index in [1.807, 2.05) is 49.5 Å². The van der Waals surface area contributed by atoms with Gasteiger partial charge in [0, 0.05) is 32.2 Å². The van der Waals surface area contributed by atoms with E-state index in [1.165, 1.54) is 11.3 Å². The van der Waals surface area contributed by atoms with E-state index in [9.17, 15) is 4.79 Å². The number of oxime groups is 1. The number of nitrogens with zero attached hydrogens (tertiary/aromatic N) is 2. The van der Waals surface area contributed by atoms with E-state index in [2.05, 4.69) is 15.4 Å². The average molecular weight is 364 g/mol. The third-order valence-corrected chi connectivity index (χ3v) is 5.04. The van der Waals surface area contributed by atoms with Crippen molar-refractivity contribution in [3.8, 4) is 0 Å². The molecule has 1 aromatic carbocycles. The number of likely N-dealkylation sites (N-methyl/N-ethyl adjacent to an activating group) is 1. The molecule has 1 atom stereocenters. The zero-order chi connectivity index (χ0) is 16.9. The Morgan fingerprint density at radius 1 is 1.38 bits per heavy atom. The fourth-order valence-corrected chi connectivity index (χ4v) is 3.44. The number of hydrogen-bond acceptors (Lipinski definition) is 5. The summed E-state index contributed by atoms with van der Waals surface area (Å²) in [6.07, 6.45) is -0.0973. The molecular formula is C17H18ClN3O2S. The molecule has 126 valence electrons. The van der Waals surface area contributed by atoms with Gasteiger partial charge in [0.05, 0.1) is 9.21 Å². The Kier molecular flexibility index (Phi) is 5.37. The Morgan fingerprint density at radius 3 is 2.88 bits per heavy atom. The molecule has 0 fully saturated rings. The molecule has 0 bridgehead atoms. The Bertz CT molecular complexity index is 732. The SMILES string of the molecule is CN(CCNC(=O)C1CC(c2ccc(Cl)s2)=NO1)c1ccccc1. The van der Waals surface area contributed by atoms with Crippen molar-refractivity contribution in [1.29, 1.82) is 0 Å². The Hall–Kier alpha value is -2.05. The van der Waals surface area contributed by atoms with Crippen LogP contribution in [0.4, 0.5) is 5.69 Å². The van der Waals surface area contributed by atoms with Gasteiger partial charge in [-0.2, -0.15) is 0 Å². The first-order valence-corrected chi connectivity index (χ1v) is 8.85. The van der Waals surface area contributed by atoms with Crippen molar-refractivity contribution < 1.29 is 9.63 Å². The highest BCUT2D eigenvalue weighted by Crippen LogP contribution is 2.26. The van der Waals surface area contributed by atoms with Crippen LogP contribution < -0.4 is 10.2 Å². The molecular weight excluding hydrogens is 346 g/mol. The van der Waals surface area contributed by atoms with E-state index in [1.54, 1.807) is 0 Å². The van der Waals surface area contributed by atoms with Gasteiger partial charge in [-0.05, 0) is 24.3 Å². The smallest absolute Gasteiger partial charge is 0.264 e. The third-order valence-electron chi connectivity index (χ3n) is 3.76. The summed E-state index contributed by atoms with van der Waals surface area (Å²) in [5, 5.41) is 6.91. The molecule has 0 spiro atoms. The van der Waals surface area contributed by atoms with E-state index in [-0.39, 0.29) is 5.91 Å². The molecule has 0 radical (unpaired) electrons. The minimum absolute atomic E-state index is 0.141. The molecule has 1 unspecified atom stereocenters. The lowest BCUT2D eigenvalue weighted by molar-refractivity contribution is -0.131. The van der Waals surface area contributed by atoms with Gasteiger partial charge in [-0.25, -0.2) is 0 Å². The molecule has 1 aliphatic heterocycles. The molecule has 2 heterocycles. The first-order chi connectivity index (χ1) is 11.6. The van der Waals surface area contributed by atoms with Crippen LogP contribution in [-0.4, -0.2) is 37.9 Å². The maximum atomic E-state index is 12.2. The standard InChI is InChI=1S/C17H18ClN3O2S/c1-21(12-5-3-2-4-6-12)10-9-19-17(22)14-11-13(20-23-14)15-7-8-16(18)24-15/h2-8,14H,9-11H2,1H3,(H,19,22). The number of thiophene rings is 1. The molecule has 0 aliphatic carbocycles. The Morgan fingerprint density at radius 2 is 2.17 bits per heavy atom. The minimum atomic E-state index is -0.567. The summed E-state index contributed by atoms with van der Waals surface area (Å²) in [5.74, 6) is -0.141. The highest BCUT2D eigenvalue weighted by Gasteiger charge is 2.29. The first-order valence-electron chi connectivity index (χ1n) is 7.66. The minimum Gasteiger partial charge on any atom is -0.382 e. The molecule has 24 heavy (non-hydrogen) atoms.